The lowest BCUT2D eigenvalue weighted by atomic mass is 10.0. The molecule has 0 aromatic heterocycles. The molecule has 1 aliphatic rings. The molecule has 0 N–H and O–H groups in total. The average Bonchev–Trinajstić information content (AvgIpc) is 3.27. The molecule has 0 atom stereocenters. The minimum atomic E-state index is -0.428. The molecule has 0 aliphatic carbocycles. The van der Waals surface area contributed by atoms with Crippen molar-refractivity contribution in [2.75, 3.05) is 13.1 Å². The molecule has 1 fully saturated rings. The van der Waals surface area contributed by atoms with E-state index in [-0.39, 0.29) is 11.9 Å². The van der Waals surface area contributed by atoms with Gasteiger partial charge in [0.25, 0.3) is 5.91 Å². The Bertz CT molecular complexity index is 812. The molecule has 4 amide bonds. The first-order valence-corrected chi connectivity index (χ1v) is 20.8. The number of urea groups is 1. The highest BCUT2D eigenvalue weighted by Crippen LogP contribution is 2.19. The second-order valence-corrected chi connectivity index (χ2v) is 14.5. The predicted molar refractivity (Wildman–Crippen MR) is 201 cm³/mol. The quantitative estimate of drug-likeness (QED) is 0.0510. The van der Waals surface area contributed by atoms with Crippen molar-refractivity contribution in [2.24, 2.45) is 4.99 Å². The number of nitrogens with zero attached hydrogens (tertiary/aromatic N) is 3. The van der Waals surface area contributed by atoms with Crippen LogP contribution in [0.15, 0.2) is 4.99 Å². The van der Waals surface area contributed by atoms with Gasteiger partial charge in [-0.3, -0.25) is 19.4 Å². The first kappa shape index (κ1) is 43.3. The highest BCUT2D eigenvalue weighted by molar-refractivity contribution is 6.47. The van der Waals surface area contributed by atoms with Crippen molar-refractivity contribution in [3.63, 3.8) is 0 Å². The van der Waals surface area contributed by atoms with Gasteiger partial charge in [-0.1, -0.05) is 206 Å². The number of carbonyl (C=O) groups is 3. The summed E-state index contributed by atoms with van der Waals surface area (Å²) in [5.41, 5.74) is 0. The molecule has 1 aliphatic heterocycles. The van der Waals surface area contributed by atoms with E-state index in [2.05, 4.69) is 18.8 Å². The smallest absolute Gasteiger partial charge is 0.273 e. The van der Waals surface area contributed by atoms with Crippen LogP contribution >= 0.6 is 0 Å². The zero-order valence-corrected chi connectivity index (χ0v) is 31.6. The van der Waals surface area contributed by atoms with Crippen LogP contribution < -0.4 is 0 Å². The third-order valence-corrected chi connectivity index (χ3v) is 9.89. The van der Waals surface area contributed by atoms with E-state index in [1.54, 1.807) is 0 Å². The van der Waals surface area contributed by atoms with Gasteiger partial charge in [0.2, 0.25) is 11.7 Å². The van der Waals surface area contributed by atoms with Gasteiger partial charge < -0.3 is 0 Å². The van der Waals surface area contributed by atoms with Crippen molar-refractivity contribution >= 4 is 23.7 Å². The summed E-state index contributed by atoms with van der Waals surface area (Å²) in [6.45, 7) is 6.78. The van der Waals surface area contributed by atoms with Crippen molar-refractivity contribution in [1.82, 2.24) is 9.80 Å². The summed E-state index contributed by atoms with van der Waals surface area (Å²) in [6.07, 6.45) is 41.4. The van der Waals surface area contributed by atoms with Crippen LogP contribution in [0.25, 0.3) is 0 Å². The van der Waals surface area contributed by atoms with E-state index in [1.807, 2.05) is 0 Å². The number of carbonyl (C=O) groups excluding carboxylic acids is 3. The summed E-state index contributed by atoms with van der Waals surface area (Å²) in [6, 6.07) is -0.295. The molecule has 0 aromatic rings. The van der Waals surface area contributed by atoms with Gasteiger partial charge in [-0.05, 0) is 12.8 Å². The molecule has 6 heteroatoms. The summed E-state index contributed by atoms with van der Waals surface area (Å²) in [7, 11) is 0. The molecule has 47 heavy (non-hydrogen) atoms. The molecule has 1 heterocycles. The SMILES string of the molecule is CCCCCCCCCCCCCCCCCCN1C(=O)C(=NC(C)=O)N(CCCCCCCCCCCCCCCCCC)C1=O. The average molecular weight is 660 g/mol. The van der Waals surface area contributed by atoms with Gasteiger partial charge in [-0.2, -0.15) is 4.99 Å². The molecule has 0 bridgehead atoms. The van der Waals surface area contributed by atoms with Gasteiger partial charge in [0.1, 0.15) is 0 Å². The zero-order chi connectivity index (χ0) is 34.2. The first-order chi connectivity index (χ1) is 23.0. The molecule has 274 valence electrons. The van der Waals surface area contributed by atoms with E-state index in [1.165, 1.54) is 184 Å². The molecular weight excluding hydrogens is 582 g/mol. The van der Waals surface area contributed by atoms with Gasteiger partial charge in [0.05, 0.1) is 0 Å². The Labute approximate surface area is 291 Å². The lowest BCUT2D eigenvalue weighted by molar-refractivity contribution is -0.121. The van der Waals surface area contributed by atoms with E-state index < -0.39 is 11.8 Å². The number of unbranched alkanes of at least 4 members (excludes halogenated alkanes) is 30. The van der Waals surface area contributed by atoms with E-state index in [0.717, 1.165) is 38.5 Å². The van der Waals surface area contributed by atoms with Crippen LogP contribution in [0.3, 0.4) is 0 Å². The Kier molecular flexibility index (Phi) is 29.1. The van der Waals surface area contributed by atoms with Crippen LogP contribution in [0.5, 0.6) is 0 Å². The maximum atomic E-state index is 13.1. The molecule has 0 spiro atoms. The normalized spacial score (nSPS) is 14.3. The number of imide groups is 1. The van der Waals surface area contributed by atoms with Gasteiger partial charge in [0.15, 0.2) is 0 Å². The lowest BCUT2D eigenvalue weighted by Crippen LogP contribution is -2.34. The highest BCUT2D eigenvalue weighted by Gasteiger charge is 2.42. The van der Waals surface area contributed by atoms with Crippen molar-refractivity contribution in [1.29, 1.82) is 0 Å². The number of aliphatic imine (C=N–C) groups is 1. The first-order valence-electron chi connectivity index (χ1n) is 20.8. The van der Waals surface area contributed by atoms with E-state index >= 15 is 0 Å². The standard InChI is InChI=1S/C41H77N3O3/c1-4-6-8-10-12-14-16-18-20-22-24-26-28-30-32-34-36-43-39(42-38(3)45)40(46)44(41(43)47)37-35-33-31-29-27-25-23-21-19-17-15-13-11-9-7-5-2/h4-37H2,1-3H3. The van der Waals surface area contributed by atoms with Crippen molar-refractivity contribution in [2.45, 2.75) is 226 Å². The van der Waals surface area contributed by atoms with Crippen LogP contribution in [0.2, 0.25) is 0 Å². The Morgan fingerprint density at radius 3 is 0.957 bits per heavy atom. The summed E-state index contributed by atoms with van der Waals surface area (Å²) in [4.78, 5) is 44.6. The maximum absolute atomic E-state index is 13.1. The van der Waals surface area contributed by atoms with Crippen LogP contribution in [0.4, 0.5) is 4.79 Å². The maximum Gasteiger partial charge on any atom is 0.332 e. The number of hydrogen-bond acceptors (Lipinski definition) is 3. The minimum absolute atomic E-state index is 0.0277. The summed E-state index contributed by atoms with van der Waals surface area (Å²) < 4.78 is 0. The monoisotopic (exact) mass is 660 g/mol. The number of rotatable bonds is 34. The third-order valence-electron chi connectivity index (χ3n) is 9.89. The molecular formula is C41H77N3O3. The van der Waals surface area contributed by atoms with Gasteiger partial charge in [-0.25, -0.2) is 4.79 Å². The predicted octanol–water partition coefficient (Wildman–Crippen LogP) is 12.7. The fourth-order valence-corrected chi connectivity index (χ4v) is 6.85. The summed E-state index contributed by atoms with van der Waals surface area (Å²) in [5, 5.41) is 0. The van der Waals surface area contributed by atoms with E-state index in [4.69, 9.17) is 0 Å². The molecule has 1 saturated heterocycles. The summed E-state index contributed by atoms with van der Waals surface area (Å²) in [5.74, 6) is -0.801. The largest absolute Gasteiger partial charge is 0.332 e. The van der Waals surface area contributed by atoms with Gasteiger partial charge in [-0.15, -0.1) is 0 Å². The lowest BCUT2D eigenvalue weighted by Gasteiger charge is -2.16. The molecule has 6 nitrogen and oxygen atoms in total. The van der Waals surface area contributed by atoms with Gasteiger partial charge in [0, 0.05) is 20.0 Å². The van der Waals surface area contributed by atoms with Crippen LogP contribution in [-0.4, -0.2) is 46.6 Å². The van der Waals surface area contributed by atoms with E-state index in [9.17, 15) is 14.4 Å². The van der Waals surface area contributed by atoms with Crippen LogP contribution in [0, 0.1) is 0 Å². The fraction of sp³-hybridized carbons (Fsp3) is 0.902. The summed E-state index contributed by atoms with van der Waals surface area (Å²) >= 11 is 0. The van der Waals surface area contributed by atoms with Crippen molar-refractivity contribution in [3.8, 4) is 0 Å². The van der Waals surface area contributed by atoms with Crippen LogP contribution in [-0.2, 0) is 9.59 Å². The third kappa shape index (κ3) is 23.3. The topological polar surface area (TPSA) is 70.1 Å². The number of amidine groups is 1. The molecule has 0 saturated carbocycles. The molecule has 0 radical (unpaired) electrons. The Balaban J connectivity index is 2.11. The van der Waals surface area contributed by atoms with Crippen molar-refractivity contribution < 1.29 is 14.4 Å². The fourth-order valence-electron chi connectivity index (χ4n) is 6.85. The second kappa shape index (κ2) is 31.5. The molecule has 0 unspecified atom stereocenters. The molecule has 1 rings (SSSR count). The van der Waals surface area contributed by atoms with Crippen molar-refractivity contribution in [3.05, 3.63) is 0 Å². The Morgan fingerprint density at radius 1 is 0.426 bits per heavy atom. The highest BCUT2D eigenvalue weighted by atomic mass is 16.2. The molecule has 0 aromatic carbocycles. The number of hydrogen-bond donors (Lipinski definition) is 0. The number of amides is 4. The van der Waals surface area contributed by atoms with Crippen LogP contribution in [0.1, 0.15) is 226 Å². The second-order valence-electron chi connectivity index (χ2n) is 14.5. The van der Waals surface area contributed by atoms with E-state index in [0.29, 0.717) is 13.1 Å². The Morgan fingerprint density at radius 2 is 0.681 bits per heavy atom. The minimum Gasteiger partial charge on any atom is -0.273 e. The zero-order valence-electron chi connectivity index (χ0n) is 31.6. The van der Waals surface area contributed by atoms with Gasteiger partial charge >= 0.3 is 6.03 Å². The Hall–Kier alpha value is -1.72.